The van der Waals surface area contributed by atoms with Crippen LogP contribution in [0.1, 0.15) is 11.3 Å². The number of halogens is 1. The second-order valence-corrected chi connectivity index (χ2v) is 3.94. The molecule has 4 heteroatoms. The Morgan fingerprint density at radius 1 is 1.29 bits per heavy atom. The summed E-state index contributed by atoms with van der Waals surface area (Å²) in [5, 5.41) is 9.25. The van der Waals surface area contributed by atoms with Gasteiger partial charge in [0.2, 0.25) is 0 Å². The molecule has 0 unspecified atom stereocenters. The van der Waals surface area contributed by atoms with Crippen LogP contribution in [0.2, 0.25) is 5.02 Å². The lowest BCUT2D eigenvalue weighted by Crippen LogP contribution is -1.89. The average molecular weight is 245 g/mol. The van der Waals surface area contributed by atoms with E-state index in [1.165, 1.54) is 6.20 Å². The highest BCUT2D eigenvalue weighted by molar-refractivity contribution is 6.30. The molecule has 0 amide bonds. The highest BCUT2D eigenvalue weighted by atomic mass is 35.5. The summed E-state index contributed by atoms with van der Waals surface area (Å²) in [7, 11) is 0. The highest BCUT2D eigenvalue weighted by Gasteiger charge is 2.03. The Bertz CT molecular complexity index is 573. The third-order valence-corrected chi connectivity index (χ3v) is 2.46. The number of aromatic nitrogens is 1. The Morgan fingerprint density at radius 2 is 2.12 bits per heavy atom. The van der Waals surface area contributed by atoms with Gasteiger partial charge < -0.3 is 4.74 Å². The van der Waals surface area contributed by atoms with E-state index in [0.29, 0.717) is 22.2 Å². The molecule has 1 heterocycles. The largest absolute Gasteiger partial charge is 0.455 e. The molecule has 0 aliphatic rings. The van der Waals surface area contributed by atoms with Gasteiger partial charge in [0.1, 0.15) is 23.3 Å². The van der Waals surface area contributed by atoms with Crippen molar-refractivity contribution in [1.82, 2.24) is 4.98 Å². The molecule has 2 aromatic rings. The number of ether oxygens (including phenoxy) is 1. The molecule has 17 heavy (non-hydrogen) atoms. The van der Waals surface area contributed by atoms with Crippen LogP contribution in [0.25, 0.3) is 0 Å². The minimum atomic E-state index is 0.361. The van der Waals surface area contributed by atoms with E-state index in [2.05, 4.69) is 4.98 Å². The molecule has 0 bridgehead atoms. The monoisotopic (exact) mass is 244 g/mol. The average Bonchev–Trinajstić information content (AvgIpc) is 2.35. The highest BCUT2D eigenvalue weighted by Crippen LogP contribution is 2.27. The maximum atomic E-state index is 8.63. The molecule has 0 radical (unpaired) electrons. The fraction of sp³-hybridized carbons (Fsp3) is 0.0769. The maximum absolute atomic E-state index is 8.63. The molecule has 0 aliphatic heterocycles. The number of benzene rings is 1. The molecular weight excluding hydrogens is 236 g/mol. The lowest BCUT2D eigenvalue weighted by molar-refractivity contribution is 0.476. The molecule has 0 saturated heterocycles. The van der Waals surface area contributed by atoms with Crippen molar-refractivity contribution in [3.05, 3.63) is 52.8 Å². The fourth-order valence-corrected chi connectivity index (χ4v) is 1.48. The number of nitriles is 1. The van der Waals surface area contributed by atoms with Crippen LogP contribution < -0.4 is 4.74 Å². The third-order valence-electron chi connectivity index (χ3n) is 2.23. The van der Waals surface area contributed by atoms with Crippen molar-refractivity contribution in [3.8, 4) is 17.6 Å². The normalized spacial score (nSPS) is 9.71. The van der Waals surface area contributed by atoms with Crippen LogP contribution in [0.3, 0.4) is 0 Å². The van der Waals surface area contributed by atoms with Gasteiger partial charge in [0, 0.05) is 5.02 Å². The van der Waals surface area contributed by atoms with Crippen LogP contribution in [0, 0.1) is 18.3 Å². The van der Waals surface area contributed by atoms with Crippen molar-refractivity contribution in [2.24, 2.45) is 0 Å². The van der Waals surface area contributed by atoms with E-state index < -0.39 is 0 Å². The second-order valence-electron chi connectivity index (χ2n) is 3.50. The summed E-state index contributed by atoms with van der Waals surface area (Å²) in [6, 6.07) is 10.7. The van der Waals surface area contributed by atoms with Crippen molar-refractivity contribution in [2.75, 3.05) is 0 Å². The zero-order chi connectivity index (χ0) is 12.3. The minimum absolute atomic E-state index is 0.361. The summed E-state index contributed by atoms with van der Waals surface area (Å²) in [6.07, 6.45) is 1.51. The summed E-state index contributed by atoms with van der Waals surface area (Å²) < 4.78 is 5.63. The van der Waals surface area contributed by atoms with Crippen molar-refractivity contribution >= 4 is 11.6 Å². The van der Waals surface area contributed by atoms with Crippen LogP contribution in [0.4, 0.5) is 0 Å². The second kappa shape index (κ2) is 4.86. The Balaban J connectivity index is 2.25. The number of nitrogens with zero attached hydrogens (tertiary/aromatic N) is 2. The van der Waals surface area contributed by atoms with Crippen LogP contribution in [-0.4, -0.2) is 4.98 Å². The molecule has 1 aromatic heterocycles. The molecule has 84 valence electrons. The van der Waals surface area contributed by atoms with Gasteiger partial charge in [-0.25, -0.2) is 4.98 Å². The summed E-state index contributed by atoms with van der Waals surface area (Å²) in [5.74, 6) is 1.26. The summed E-state index contributed by atoms with van der Waals surface area (Å²) in [4.78, 5) is 3.93. The number of aryl methyl sites for hydroxylation is 1. The molecule has 0 saturated carbocycles. The van der Waals surface area contributed by atoms with Gasteiger partial charge in [-0.05, 0) is 36.8 Å². The van der Waals surface area contributed by atoms with Crippen LogP contribution in [-0.2, 0) is 0 Å². The van der Waals surface area contributed by atoms with Crippen LogP contribution >= 0.6 is 11.6 Å². The zero-order valence-corrected chi connectivity index (χ0v) is 9.90. The first-order valence-corrected chi connectivity index (χ1v) is 5.37. The van der Waals surface area contributed by atoms with Crippen molar-refractivity contribution in [3.63, 3.8) is 0 Å². The van der Waals surface area contributed by atoms with E-state index in [1.807, 2.05) is 19.1 Å². The molecule has 1 aromatic carbocycles. The first kappa shape index (κ1) is 11.4. The molecule has 0 N–H and O–H groups in total. The Kier molecular flexibility index (Phi) is 3.27. The van der Waals surface area contributed by atoms with Gasteiger partial charge in [0.25, 0.3) is 0 Å². The number of rotatable bonds is 2. The van der Waals surface area contributed by atoms with E-state index in [4.69, 9.17) is 21.6 Å². The number of hydrogen-bond donors (Lipinski definition) is 0. The first-order chi connectivity index (χ1) is 8.19. The van der Waals surface area contributed by atoms with E-state index in [-0.39, 0.29) is 0 Å². The first-order valence-electron chi connectivity index (χ1n) is 4.99. The molecule has 2 rings (SSSR count). The van der Waals surface area contributed by atoms with E-state index in [1.54, 1.807) is 24.3 Å². The number of pyridine rings is 1. The topological polar surface area (TPSA) is 45.9 Å². The van der Waals surface area contributed by atoms with Gasteiger partial charge in [-0.3, -0.25) is 0 Å². The Labute approximate surface area is 104 Å². The molecular formula is C13H9ClN2O. The quantitative estimate of drug-likeness (QED) is 0.809. The predicted octanol–water partition coefficient (Wildman–Crippen LogP) is 3.71. The van der Waals surface area contributed by atoms with Gasteiger partial charge in [-0.2, -0.15) is 5.26 Å². The Hall–Kier alpha value is -2.05. The summed E-state index contributed by atoms with van der Waals surface area (Å²) >= 11 is 5.89. The smallest absolute Gasteiger partial charge is 0.145 e. The molecule has 3 nitrogen and oxygen atoms in total. The van der Waals surface area contributed by atoms with E-state index in [0.717, 1.165) is 5.56 Å². The van der Waals surface area contributed by atoms with Gasteiger partial charge >= 0.3 is 0 Å². The zero-order valence-electron chi connectivity index (χ0n) is 9.14. The van der Waals surface area contributed by atoms with Crippen LogP contribution in [0.15, 0.2) is 36.5 Å². The van der Waals surface area contributed by atoms with Gasteiger partial charge in [0.05, 0.1) is 6.20 Å². The molecule has 0 aliphatic carbocycles. The SMILES string of the molecule is Cc1ccc(Cl)cc1Oc1ccc(C#N)nc1. The number of hydrogen-bond acceptors (Lipinski definition) is 3. The molecule has 0 spiro atoms. The molecule has 0 atom stereocenters. The van der Waals surface area contributed by atoms with E-state index >= 15 is 0 Å². The molecule has 0 fully saturated rings. The lowest BCUT2D eigenvalue weighted by Gasteiger charge is -2.08. The van der Waals surface area contributed by atoms with Crippen molar-refractivity contribution in [2.45, 2.75) is 6.92 Å². The fourth-order valence-electron chi connectivity index (χ4n) is 1.32. The maximum Gasteiger partial charge on any atom is 0.145 e. The Morgan fingerprint density at radius 3 is 2.76 bits per heavy atom. The predicted molar refractivity (Wildman–Crippen MR) is 65.2 cm³/mol. The summed E-state index contributed by atoms with van der Waals surface area (Å²) in [5.41, 5.74) is 1.35. The summed E-state index contributed by atoms with van der Waals surface area (Å²) in [6.45, 7) is 1.93. The minimum Gasteiger partial charge on any atom is -0.455 e. The standard InChI is InChI=1S/C13H9ClN2O/c1-9-2-3-10(14)6-13(9)17-12-5-4-11(7-15)16-8-12/h2-6,8H,1H3. The van der Waals surface area contributed by atoms with Gasteiger partial charge in [-0.1, -0.05) is 17.7 Å². The van der Waals surface area contributed by atoms with Gasteiger partial charge in [0.15, 0.2) is 0 Å². The van der Waals surface area contributed by atoms with Crippen LogP contribution in [0.5, 0.6) is 11.5 Å². The van der Waals surface area contributed by atoms with Crippen molar-refractivity contribution in [1.29, 1.82) is 5.26 Å². The van der Waals surface area contributed by atoms with Gasteiger partial charge in [-0.15, -0.1) is 0 Å². The van der Waals surface area contributed by atoms with E-state index in [9.17, 15) is 0 Å². The van der Waals surface area contributed by atoms with Crippen molar-refractivity contribution < 1.29 is 4.74 Å². The lowest BCUT2D eigenvalue weighted by atomic mass is 10.2. The third kappa shape index (κ3) is 2.74.